The first kappa shape index (κ1) is 6.40. The predicted molar refractivity (Wildman–Crippen MR) is 22.0 cm³/mol. The first-order chi connectivity index (χ1) is 3.18. The van der Waals surface area contributed by atoms with Crippen LogP contribution in [-0.2, 0) is 9.74 Å². The van der Waals surface area contributed by atoms with Crippen LogP contribution >= 0.6 is 0 Å². The van der Waals surface area contributed by atoms with Crippen LogP contribution in [0.25, 0.3) is 0 Å². The molecule has 0 N–H and O–H groups in total. The standard InChI is InChI=1S/C4H7FO2/c1-3(2)4(6)7-5/h3H,1-2H3. The van der Waals surface area contributed by atoms with Crippen molar-refractivity contribution in [1.82, 2.24) is 0 Å². The van der Waals surface area contributed by atoms with Crippen molar-refractivity contribution in [3.8, 4) is 0 Å². The molecule has 0 aliphatic heterocycles. The van der Waals surface area contributed by atoms with Gasteiger partial charge in [0.2, 0.25) is 0 Å². The normalized spacial score (nSPS) is 9.14. The molecule has 0 atom stereocenters. The SMILES string of the molecule is CC(C)C(=O)OF. The highest BCUT2D eigenvalue weighted by molar-refractivity contribution is 5.70. The van der Waals surface area contributed by atoms with Crippen molar-refractivity contribution in [2.45, 2.75) is 13.8 Å². The van der Waals surface area contributed by atoms with Gasteiger partial charge in [-0.05, 0) is 0 Å². The first-order valence-electron chi connectivity index (χ1n) is 2.01. The van der Waals surface area contributed by atoms with Gasteiger partial charge in [-0.15, -0.1) is 0 Å². The lowest BCUT2D eigenvalue weighted by atomic mass is 10.2. The number of carbonyl (C=O) groups excluding carboxylic acids is 1. The van der Waals surface area contributed by atoms with Crippen LogP contribution in [-0.4, -0.2) is 5.97 Å². The first-order valence-corrected chi connectivity index (χ1v) is 2.01. The van der Waals surface area contributed by atoms with E-state index < -0.39 is 5.97 Å². The molecular weight excluding hydrogens is 99.0 g/mol. The summed E-state index contributed by atoms with van der Waals surface area (Å²) in [5.41, 5.74) is 0. The van der Waals surface area contributed by atoms with Crippen molar-refractivity contribution in [3.63, 3.8) is 0 Å². The predicted octanol–water partition coefficient (Wildman–Crippen LogP) is 1.07. The van der Waals surface area contributed by atoms with Gasteiger partial charge in [-0.3, -0.25) is 4.94 Å². The molecule has 0 bridgehead atoms. The lowest BCUT2D eigenvalue weighted by molar-refractivity contribution is -0.187. The average molecular weight is 106 g/mol. The van der Waals surface area contributed by atoms with Gasteiger partial charge in [0, 0.05) is 4.53 Å². The maximum absolute atomic E-state index is 10.8. The molecule has 0 aliphatic carbocycles. The van der Waals surface area contributed by atoms with Crippen LogP contribution < -0.4 is 0 Å². The van der Waals surface area contributed by atoms with Crippen molar-refractivity contribution in [1.29, 1.82) is 0 Å². The molecule has 0 saturated carbocycles. The molecule has 2 nitrogen and oxygen atoms in total. The van der Waals surface area contributed by atoms with E-state index in [0.717, 1.165) is 0 Å². The minimum absolute atomic E-state index is 0.370. The fourth-order valence-electron chi connectivity index (χ4n) is 0.0891. The van der Waals surface area contributed by atoms with E-state index in [-0.39, 0.29) is 5.92 Å². The fraction of sp³-hybridized carbons (Fsp3) is 0.750. The molecule has 3 heteroatoms. The van der Waals surface area contributed by atoms with Crippen molar-refractivity contribution >= 4 is 5.97 Å². The average Bonchev–Trinajstić information content (AvgIpc) is 1.65. The number of halogens is 1. The Kier molecular flexibility index (Phi) is 2.33. The van der Waals surface area contributed by atoms with E-state index in [2.05, 4.69) is 4.94 Å². The summed E-state index contributed by atoms with van der Waals surface area (Å²) in [7, 11) is 0. The summed E-state index contributed by atoms with van der Waals surface area (Å²) in [6.45, 7) is 3.11. The van der Waals surface area contributed by atoms with E-state index in [1.54, 1.807) is 13.8 Å². The molecule has 42 valence electrons. The summed E-state index contributed by atoms with van der Waals surface area (Å²) in [5.74, 6) is -1.19. The van der Waals surface area contributed by atoms with Crippen LogP contribution in [0.3, 0.4) is 0 Å². The van der Waals surface area contributed by atoms with Gasteiger partial charge in [-0.2, -0.15) is 0 Å². The highest BCUT2D eigenvalue weighted by atomic mass is 19.3. The minimum atomic E-state index is -0.819. The quantitative estimate of drug-likeness (QED) is 0.499. The number of hydrogen-bond donors (Lipinski definition) is 0. The van der Waals surface area contributed by atoms with Gasteiger partial charge in [0.1, 0.15) is 0 Å². The Labute approximate surface area is 41.2 Å². The van der Waals surface area contributed by atoms with Gasteiger partial charge in [-0.25, -0.2) is 4.79 Å². The molecule has 0 spiro atoms. The third kappa shape index (κ3) is 2.14. The summed E-state index contributed by atoms with van der Waals surface area (Å²) in [4.78, 5) is 12.8. The topological polar surface area (TPSA) is 26.3 Å². The largest absolute Gasteiger partial charge is 0.351 e. The van der Waals surface area contributed by atoms with E-state index >= 15 is 0 Å². The summed E-state index contributed by atoms with van der Waals surface area (Å²) in [5, 5.41) is 0. The summed E-state index contributed by atoms with van der Waals surface area (Å²) < 4.78 is 10.8. The lowest BCUT2D eigenvalue weighted by Gasteiger charge is -1.92. The van der Waals surface area contributed by atoms with Gasteiger partial charge >= 0.3 is 5.97 Å². The van der Waals surface area contributed by atoms with Gasteiger partial charge in [0.05, 0.1) is 5.92 Å². The van der Waals surface area contributed by atoms with Gasteiger partial charge < -0.3 is 0 Å². The molecule has 0 aromatic rings. The van der Waals surface area contributed by atoms with Crippen LogP contribution in [0.15, 0.2) is 0 Å². The molecule has 0 rings (SSSR count). The van der Waals surface area contributed by atoms with Crippen LogP contribution in [0.5, 0.6) is 0 Å². The molecule has 0 saturated heterocycles. The van der Waals surface area contributed by atoms with Crippen LogP contribution in [0.2, 0.25) is 0 Å². The molecule has 0 heterocycles. The Morgan fingerprint density at radius 3 is 2.14 bits per heavy atom. The maximum Gasteiger partial charge on any atom is 0.351 e. The van der Waals surface area contributed by atoms with Gasteiger partial charge in [0.15, 0.2) is 0 Å². The van der Waals surface area contributed by atoms with Crippen LogP contribution in [0.4, 0.5) is 4.53 Å². The molecule has 7 heavy (non-hydrogen) atoms. The molecule has 0 aromatic carbocycles. The Morgan fingerprint density at radius 1 is 1.71 bits per heavy atom. The number of hydrogen-bond acceptors (Lipinski definition) is 2. The maximum atomic E-state index is 10.8. The lowest BCUT2D eigenvalue weighted by Crippen LogP contribution is -2.05. The highest BCUT2D eigenvalue weighted by Crippen LogP contribution is 1.94. The second-order valence-electron chi connectivity index (χ2n) is 1.55. The summed E-state index contributed by atoms with van der Waals surface area (Å²) in [6, 6.07) is 0. The van der Waals surface area contributed by atoms with Crippen LogP contribution in [0, 0.1) is 5.92 Å². The van der Waals surface area contributed by atoms with Gasteiger partial charge in [-0.1, -0.05) is 13.8 Å². The second kappa shape index (κ2) is 2.55. The Morgan fingerprint density at radius 2 is 2.14 bits per heavy atom. The summed E-state index contributed by atoms with van der Waals surface area (Å²) in [6.07, 6.45) is 0. The monoisotopic (exact) mass is 106 g/mol. The zero-order valence-corrected chi connectivity index (χ0v) is 4.27. The third-order valence-electron chi connectivity index (χ3n) is 0.547. The molecule has 0 fully saturated rings. The van der Waals surface area contributed by atoms with E-state index in [1.807, 2.05) is 0 Å². The smallest absolute Gasteiger partial charge is 0.255 e. The van der Waals surface area contributed by atoms with E-state index in [4.69, 9.17) is 0 Å². The highest BCUT2D eigenvalue weighted by Gasteiger charge is 2.06. The number of carbonyl (C=O) groups is 1. The van der Waals surface area contributed by atoms with Crippen molar-refractivity contribution in [3.05, 3.63) is 0 Å². The Bertz CT molecular complexity index is 70.1. The molecule has 0 unspecified atom stereocenters. The van der Waals surface area contributed by atoms with E-state index in [1.165, 1.54) is 0 Å². The van der Waals surface area contributed by atoms with Crippen molar-refractivity contribution < 1.29 is 14.3 Å². The molecule has 0 radical (unpaired) electrons. The molecule has 0 aliphatic rings. The zero-order chi connectivity index (χ0) is 5.86. The second-order valence-corrected chi connectivity index (χ2v) is 1.55. The molecule has 0 aromatic heterocycles. The summed E-state index contributed by atoms with van der Waals surface area (Å²) >= 11 is 0. The minimum Gasteiger partial charge on any atom is -0.255 e. The Hall–Kier alpha value is -0.600. The third-order valence-corrected chi connectivity index (χ3v) is 0.547. The van der Waals surface area contributed by atoms with E-state index in [0.29, 0.717) is 0 Å². The van der Waals surface area contributed by atoms with Crippen molar-refractivity contribution in [2.75, 3.05) is 0 Å². The van der Waals surface area contributed by atoms with Crippen molar-refractivity contribution in [2.24, 2.45) is 5.92 Å². The van der Waals surface area contributed by atoms with Crippen LogP contribution in [0.1, 0.15) is 13.8 Å². The molecular formula is C4H7FO2. The zero-order valence-electron chi connectivity index (χ0n) is 4.27. The number of rotatable bonds is 1. The Balaban J connectivity index is 3.35. The molecule has 0 amide bonds. The van der Waals surface area contributed by atoms with E-state index in [9.17, 15) is 9.32 Å². The fourth-order valence-corrected chi connectivity index (χ4v) is 0.0891. The van der Waals surface area contributed by atoms with Gasteiger partial charge in [0.25, 0.3) is 0 Å².